The minimum absolute atomic E-state index is 0.0695. The summed E-state index contributed by atoms with van der Waals surface area (Å²) in [5.74, 6) is -1.34. The van der Waals surface area contributed by atoms with E-state index < -0.39 is 27.9 Å². The average molecular weight is 668 g/mol. The molecule has 1 aliphatic rings. The number of anilines is 1. The lowest BCUT2D eigenvalue weighted by Crippen LogP contribution is -2.51. The Balaban J connectivity index is 1.43. The number of rotatable bonds is 11. The van der Waals surface area contributed by atoms with E-state index in [0.29, 0.717) is 34.0 Å². The number of carbonyl (C=O) groups is 2. The van der Waals surface area contributed by atoms with Gasteiger partial charge in [0, 0.05) is 39.1 Å². The van der Waals surface area contributed by atoms with Gasteiger partial charge < -0.3 is 11.1 Å². The standard InChI is InChI=1S/C28H29BrCl2N4O4S/c1-2-25(27(32)36)33-28(37)20-11-21(29)13-24(12-20)34-40(38,39)16-17-14-35(15-17)26(18-3-7-22(30)8-4-18)19-5-9-23(31)10-6-19/h3-13,17,25-26,34H,2,14-16H2,1H3,(H2,32,36)(H,33,37). The number of benzene rings is 3. The molecule has 4 N–H and O–H groups in total. The van der Waals surface area contributed by atoms with Crippen molar-refractivity contribution in [2.24, 2.45) is 11.7 Å². The van der Waals surface area contributed by atoms with Crippen LogP contribution in [-0.4, -0.2) is 50.0 Å². The molecule has 1 aliphatic heterocycles. The molecule has 0 radical (unpaired) electrons. The van der Waals surface area contributed by atoms with Gasteiger partial charge in [-0.1, -0.05) is 70.3 Å². The molecule has 212 valence electrons. The third-order valence-electron chi connectivity index (χ3n) is 6.67. The molecule has 0 aliphatic carbocycles. The smallest absolute Gasteiger partial charge is 0.252 e. The number of hydrogen-bond donors (Lipinski definition) is 3. The Labute approximate surface area is 252 Å². The van der Waals surface area contributed by atoms with Crippen molar-refractivity contribution < 1.29 is 18.0 Å². The minimum atomic E-state index is -3.72. The van der Waals surface area contributed by atoms with E-state index in [1.807, 2.05) is 48.5 Å². The number of halogens is 3. The molecule has 0 aromatic heterocycles. The summed E-state index contributed by atoms with van der Waals surface area (Å²) >= 11 is 15.5. The molecule has 0 bridgehead atoms. The zero-order chi connectivity index (χ0) is 29.0. The summed E-state index contributed by atoms with van der Waals surface area (Å²) in [6.07, 6.45) is 0.337. The summed E-state index contributed by atoms with van der Waals surface area (Å²) in [6.45, 7) is 2.88. The van der Waals surface area contributed by atoms with Crippen molar-refractivity contribution in [3.05, 3.63) is 97.9 Å². The molecule has 8 nitrogen and oxygen atoms in total. The van der Waals surface area contributed by atoms with Gasteiger partial charge >= 0.3 is 0 Å². The fraction of sp³-hybridized carbons (Fsp3) is 0.286. The summed E-state index contributed by atoms with van der Waals surface area (Å²) in [4.78, 5) is 26.4. The number of nitrogens with zero attached hydrogens (tertiary/aromatic N) is 1. The van der Waals surface area contributed by atoms with Crippen LogP contribution < -0.4 is 15.8 Å². The first-order chi connectivity index (χ1) is 18.9. The van der Waals surface area contributed by atoms with E-state index in [0.717, 1.165) is 11.1 Å². The molecule has 1 fully saturated rings. The van der Waals surface area contributed by atoms with Crippen LogP contribution in [0.3, 0.4) is 0 Å². The second-order valence-corrected chi connectivity index (χ2v) is 13.3. The highest BCUT2D eigenvalue weighted by Crippen LogP contribution is 2.36. The van der Waals surface area contributed by atoms with E-state index in [1.165, 1.54) is 12.1 Å². The third-order valence-corrected chi connectivity index (χ3v) is 9.09. The van der Waals surface area contributed by atoms with Crippen LogP contribution in [0.1, 0.15) is 40.9 Å². The summed E-state index contributed by atoms with van der Waals surface area (Å²) in [6, 6.07) is 18.9. The van der Waals surface area contributed by atoms with Crippen molar-refractivity contribution in [1.29, 1.82) is 0 Å². The quantitative estimate of drug-likeness (QED) is 0.259. The third kappa shape index (κ3) is 7.76. The predicted octanol–water partition coefficient (Wildman–Crippen LogP) is 5.21. The van der Waals surface area contributed by atoms with Crippen molar-refractivity contribution >= 4 is 66.7 Å². The fourth-order valence-electron chi connectivity index (χ4n) is 4.76. The number of carbonyl (C=O) groups excluding carboxylic acids is 2. The van der Waals surface area contributed by atoms with E-state index in [9.17, 15) is 18.0 Å². The van der Waals surface area contributed by atoms with Crippen LogP contribution in [-0.2, 0) is 14.8 Å². The summed E-state index contributed by atoms with van der Waals surface area (Å²) < 4.78 is 29.2. The molecule has 0 saturated carbocycles. The number of primary amides is 1. The van der Waals surface area contributed by atoms with Gasteiger partial charge in [-0.15, -0.1) is 0 Å². The molecule has 3 aromatic carbocycles. The Bertz CT molecular complexity index is 1440. The van der Waals surface area contributed by atoms with E-state index >= 15 is 0 Å². The molecule has 0 spiro atoms. The topological polar surface area (TPSA) is 122 Å². The molecule has 4 rings (SSSR count). The van der Waals surface area contributed by atoms with Gasteiger partial charge in [0.25, 0.3) is 5.91 Å². The highest BCUT2D eigenvalue weighted by Gasteiger charge is 2.36. The van der Waals surface area contributed by atoms with Gasteiger partial charge in [-0.25, -0.2) is 8.42 Å². The van der Waals surface area contributed by atoms with E-state index in [-0.39, 0.29) is 29.0 Å². The van der Waals surface area contributed by atoms with Gasteiger partial charge in [0.2, 0.25) is 15.9 Å². The van der Waals surface area contributed by atoms with Gasteiger partial charge in [0.05, 0.1) is 17.5 Å². The molecule has 1 atom stereocenters. The van der Waals surface area contributed by atoms with Crippen molar-refractivity contribution in [2.75, 3.05) is 23.6 Å². The number of nitrogens with one attached hydrogen (secondary N) is 2. The van der Waals surface area contributed by atoms with Crippen LogP contribution in [0.4, 0.5) is 5.69 Å². The molecular formula is C28H29BrCl2N4O4S. The summed E-state index contributed by atoms with van der Waals surface area (Å²) in [5, 5.41) is 3.85. The molecule has 1 saturated heterocycles. The van der Waals surface area contributed by atoms with Gasteiger partial charge in [-0.3, -0.25) is 19.2 Å². The van der Waals surface area contributed by atoms with Gasteiger partial charge in [0.15, 0.2) is 0 Å². The first-order valence-electron chi connectivity index (χ1n) is 12.6. The molecule has 40 heavy (non-hydrogen) atoms. The lowest BCUT2D eigenvalue weighted by molar-refractivity contribution is -0.119. The van der Waals surface area contributed by atoms with Crippen LogP contribution in [0.2, 0.25) is 10.0 Å². The fourth-order valence-corrected chi connectivity index (χ4v) is 6.89. The normalized spacial score (nSPS) is 14.9. The first-order valence-corrected chi connectivity index (χ1v) is 15.8. The molecule has 3 aromatic rings. The Morgan fingerprint density at radius 1 is 1.00 bits per heavy atom. The molecule has 1 heterocycles. The number of sulfonamides is 1. The maximum atomic E-state index is 13.1. The molecule has 1 unspecified atom stereocenters. The minimum Gasteiger partial charge on any atom is -0.368 e. The van der Waals surface area contributed by atoms with Gasteiger partial charge in [-0.2, -0.15) is 0 Å². The van der Waals surface area contributed by atoms with Crippen LogP contribution in [0, 0.1) is 5.92 Å². The zero-order valence-corrected chi connectivity index (χ0v) is 25.5. The SMILES string of the molecule is CCC(NC(=O)c1cc(Br)cc(NS(=O)(=O)CC2CN(C(c3ccc(Cl)cc3)c3ccc(Cl)cc3)C2)c1)C(N)=O. The summed E-state index contributed by atoms with van der Waals surface area (Å²) in [5.41, 5.74) is 7.85. The first kappa shape index (κ1) is 30.3. The summed E-state index contributed by atoms with van der Waals surface area (Å²) in [7, 11) is -3.72. The molecule has 2 amide bonds. The van der Waals surface area contributed by atoms with Crippen molar-refractivity contribution in [3.63, 3.8) is 0 Å². The van der Waals surface area contributed by atoms with E-state index in [1.54, 1.807) is 13.0 Å². The molecular weight excluding hydrogens is 639 g/mol. The van der Waals surface area contributed by atoms with Gasteiger partial charge in [-0.05, 0) is 60.0 Å². The van der Waals surface area contributed by atoms with Gasteiger partial charge in [0.1, 0.15) is 6.04 Å². The van der Waals surface area contributed by atoms with Crippen LogP contribution in [0.5, 0.6) is 0 Å². The van der Waals surface area contributed by atoms with Crippen LogP contribution >= 0.6 is 39.1 Å². The number of nitrogens with two attached hydrogens (primary N) is 1. The van der Waals surface area contributed by atoms with Crippen LogP contribution in [0.25, 0.3) is 0 Å². The van der Waals surface area contributed by atoms with E-state index in [2.05, 4.69) is 30.9 Å². The second kappa shape index (κ2) is 12.9. The largest absolute Gasteiger partial charge is 0.368 e. The van der Waals surface area contributed by atoms with E-state index in [4.69, 9.17) is 28.9 Å². The monoisotopic (exact) mass is 666 g/mol. The number of likely N-dealkylation sites (tertiary alicyclic amines) is 1. The Morgan fingerprint density at radius 2 is 1.55 bits per heavy atom. The van der Waals surface area contributed by atoms with Crippen molar-refractivity contribution in [2.45, 2.75) is 25.4 Å². The second-order valence-electron chi connectivity index (χ2n) is 9.77. The predicted molar refractivity (Wildman–Crippen MR) is 162 cm³/mol. The Morgan fingerprint density at radius 3 is 2.05 bits per heavy atom. The maximum absolute atomic E-state index is 13.1. The average Bonchev–Trinajstić information content (AvgIpc) is 2.86. The lowest BCUT2D eigenvalue weighted by atomic mass is 9.91. The highest BCUT2D eigenvalue weighted by atomic mass is 79.9. The van der Waals surface area contributed by atoms with Crippen molar-refractivity contribution in [1.82, 2.24) is 10.2 Å². The molecule has 12 heteroatoms. The lowest BCUT2D eigenvalue weighted by Gasteiger charge is -2.44. The highest BCUT2D eigenvalue weighted by molar-refractivity contribution is 9.10. The Hall–Kier alpha value is -2.63. The maximum Gasteiger partial charge on any atom is 0.252 e. The van der Waals surface area contributed by atoms with Crippen molar-refractivity contribution in [3.8, 4) is 0 Å². The Kier molecular flexibility index (Phi) is 9.79. The zero-order valence-electron chi connectivity index (χ0n) is 21.6. The van der Waals surface area contributed by atoms with Crippen LogP contribution in [0.15, 0.2) is 71.2 Å². The number of hydrogen-bond acceptors (Lipinski definition) is 5. The number of amides is 2.